The standard InChI is InChI=1S/C13H28N4O3S2Si/c1-6-16(7-2)17-14-12(21)11-13(15-17)22-9-8-10-23(18-3,19-4)20-5/h11,15H,6-10H2,1-5H3,(H,14,21). The minimum absolute atomic E-state index is 0.701. The van der Waals surface area contributed by atoms with E-state index < -0.39 is 8.80 Å². The third-order valence-electron chi connectivity index (χ3n) is 3.53. The molecule has 0 amide bonds. The van der Waals surface area contributed by atoms with Gasteiger partial charge >= 0.3 is 8.80 Å². The molecule has 1 aliphatic heterocycles. The first-order valence-electron chi connectivity index (χ1n) is 7.66. The van der Waals surface area contributed by atoms with Crippen molar-refractivity contribution in [3.8, 4) is 0 Å². The highest BCUT2D eigenvalue weighted by molar-refractivity contribution is 8.03. The number of rotatable bonds is 11. The quantitative estimate of drug-likeness (QED) is 0.317. The zero-order chi connectivity index (χ0) is 17.3. The molecule has 10 heteroatoms. The summed E-state index contributed by atoms with van der Waals surface area (Å²) in [7, 11) is 2.46. The van der Waals surface area contributed by atoms with Crippen molar-refractivity contribution in [1.29, 1.82) is 0 Å². The van der Waals surface area contributed by atoms with E-state index in [9.17, 15) is 0 Å². The predicted octanol–water partition coefficient (Wildman–Crippen LogP) is 1.74. The summed E-state index contributed by atoms with van der Waals surface area (Å²) in [5.41, 5.74) is 6.45. The fraction of sp³-hybridized carbons (Fsp3) is 0.769. The number of thiocarbonyl (C=S) groups is 1. The van der Waals surface area contributed by atoms with Crippen LogP contribution < -0.4 is 10.9 Å². The Bertz CT molecular complexity index is 398. The third kappa shape index (κ3) is 6.31. The lowest BCUT2D eigenvalue weighted by Gasteiger charge is -2.37. The maximum atomic E-state index is 5.43. The van der Waals surface area contributed by atoms with E-state index in [0.29, 0.717) is 4.99 Å². The van der Waals surface area contributed by atoms with E-state index in [0.717, 1.165) is 36.3 Å². The van der Waals surface area contributed by atoms with E-state index >= 15 is 0 Å². The molecule has 0 atom stereocenters. The molecule has 0 spiro atoms. The molecule has 1 heterocycles. The number of nitrogens with zero attached hydrogens (tertiary/aromatic N) is 2. The lowest BCUT2D eigenvalue weighted by molar-refractivity contribution is -0.0780. The van der Waals surface area contributed by atoms with Crippen molar-refractivity contribution in [2.75, 3.05) is 40.2 Å². The van der Waals surface area contributed by atoms with Crippen molar-refractivity contribution >= 4 is 37.8 Å². The predicted molar refractivity (Wildman–Crippen MR) is 100 cm³/mol. The monoisotopic (exact) mass is 380 g/mol. The molecule has 0 bridgehead atoms. The molecule has 0 aromatic heterocycles. The van der Waals surface area contributed by atoms with Gasteiger partial charge in [0.2, 0.25) is 0 Å². The molecular formula is C13H28N4O3S2Si. The van der Waals surface area contributed by atoms with Crippen LogP contribution in [0.4, 0.5) is 0 Å². The van der Waals surface area contributed by atoms with Gasteiger partial charge in [-0.05, 0) is 12.2 Å². The van der Waals surface area contributed by atoms with Crippen LogP contribution in [0, 0.1) is 0 Å². The second-order valence-corrected chi connectivity index (χ2v) is 9.46. The van der Waals surface area contributed by atoms with E-state index in [4.69, 9.17) is 25.5 Å². The molecule has 0 fully saturated rings. The van der Waals surface area contributed by atoms with Gasteiger partial charge in [-0.3, -0.25) is 10.9 Å². The second-order valence-electron chi connectivity index (χ2n) is 4.79. The van der Waals surface area contributed by atoms with Crippen LogP contribution in [0.15, 0.2) is 11.1 Å². The maximum Gasteiger partial charge on any atom is 0.500 e. The summed E-state index contributed by atoms with van der Waals surface area (Å²) in [6.07, 6.45) is 2.88. The molecule has 0 saturated heterocycles. The van der Waals surface area contributed by atoms with Crippen LogP contribution in [-0.4, -0.2) is 64.2 Å². The molecule has 1 aliphatic rings. The van der Waals surface area contributed by atoms with E-state index in [1.165, 1.54) is 0 Å². The van der Waals surface area contributed by atoms with Gasteiger partial charge in [-0.15, -0.1) is 11.8 Å². The van der Waals surface area contributed by atoms with Gasteiger partial charge in [0, 0.05) is 46.5 Å². The Hall–Kier alpha value is -0.203. The molecule has 23 heavy (non-hydrogen) atoms. The van der Waals surface area contributed by atoms with Crippen molar-refractivity contribution in [2.45, 2.75) is 26.3 Å². The van der Waals surface area contributed by atoms with Gasteiger partial charge in [0.15, 0.2) is 0 Å². The molecule has 0 radical (unpaired) electrons. The Morgan fingerprint density at radius 1 is 1.17 bits per heavy atom. The lowest BCUT2D eigenvalue weighted by atomic mass is 10.6. The van der Waals surface area contributed by atoms with Crippen molar-refractivity contribution in [2.24, 2.45) is 0 Å². The topological polar surface area (TPSA) is 58.2 Å². The van der Waals surface area contributed by atoms with Crippen LogP contribution in [0.1, 0.15) is 20.3 Å². The van der Waals surface area contributed by atoms with Crippen molar-refractivity contribution in [3.05, 3.63) is 11.1 Å². The van der Waals surface area contributed by atoms with Crippen molar-refractivity contribution in [3.63, 3.8) is 0 Å². The number of hydrogen-bond donors (Lipinski definition) is 2. The molecule has 0 unspecified atom stereocenters. The highest BCUT2D eigenvalue weighted by atomic mass is 32.2. The Kier molecular flexibility index (Phi) is 9.62. The summed E-state index contributed by atoms with van der Waals surface area (Å²) < 4.78 is 16.3. The smallest absolute Gasteiger partial charge is 0.377 e. The number of thioether (sulfide) groups is 1. The Morgan fingerprint density at radius 2 is 1.78 bits per heavy atom. The molecule has 134 valence electrons. The molecule has 2 N–H and O–H groups in total. The van der Waals surface area contributed by atoms with Crippen LogP contribution in [0.5, 0.6) is 0 Å². The summed E-state index contributed by atoms with van der Waals surface area (Å²) >= 11 is 7.03. The first-order valence-corrected chi connectivity index (χ1v) is 11.0. The molecule has 1 rings (SSSR count). The van der Waals surface area contributed by atoms with E-state index in [1.807, 2.05) is 11.3 Å². The van der Waals surface area contributed by atoms with Crippen LogP contribution in [0.25, 0.3) is 0 Å². The van der Waals surface area contributed by atoms with Gasteiger partial charge in [0.25, 0.3) is 0 Å². The summed E-state index contributed by atoms with van der Waals surface area (Å²) in [4.78, 5) is 0.701. The molecule has 7 nitrogen and oxygen atoms in total. The molecule has 0 aliphatic carbocycles. The Balaban J connectivity index is 2.46. The largest absolute Gasteiger partial charge is 0.500 e. The van der Waals surface area contributed by atoms with Gasteiger partial charge < -0.3 is 13.3 Å². The van der Waals surface area contributed by atoms with Crippen molar-refractivity contribution < 1.29 is 13.3 Å². The summed E-state index contributed by atoms with van der Waals surface area (Å²) in [6, 6.07) is 0.791. The fourth-order valence-corrected chi connectivity index (χ4v) is 5.29. The van der Waals surface area contributed by atoms with E-state index in [-0.39, 0.29) is 0 Å². The minimum Gasteiger partial charge on any atom is -0.377 e. The van der Waals surface area contributed by atoms with Gasteiger partial charge in [-0.2, -0.15) is 0 Å². The highest BCUT2D eigenvalue weighted by Crippen LogP contribution is 2.21. The third-order valence-corrected chi connectivity index (χ3v) is 7.58. The summed E-state index contributed by atoms with van der Waals surface area (Å²) in [6.45, 7) is 5.98. The molecule has 0 aromatic carbocycles. The highest BCUT2D eigenvalue weighted by Gasteiger charge is 2.36. The van der Waals surface area contributed by atoms with Crippen LogP contribution in [0.2, 0.25) is 6.04 Å². The summed E-state index contributed by atoms with van der Waals surface area (Å²) in [5.74, 6) is 0.929. The minimum atomic E-state index is -2.47. The zero-order valence-electron chi connectivity index (χ0n) is 14.5. The van der Waals surface area contributed by atoms with Gasteiger partial charge in [-0.25, -0.2) is 5.01 Å². The van der Waals surface area contributed by atoms with Crippen LogP contribution >= 0.6 is 24.0 Å². The van der Waals surface area contributed by atoms with Gasteiger partial charge in [0.05, 0.1) is 5.03 Å². The number of nitrogens with one attached hydrogen (secondary N) is 2. The van der Waals surface area contributed by atoms with Crippen molar-refractivity contribution in [1.82, 2.24) is 21.1 Å². The van der Waals surface area contributed by atoms with Gasteiger partial charge in [0.1, 0.15) is 4.99 Å². The second kappa shape index (κ2) is 10.6. The van der Waals surface area contributed by atoms with E-state index in [2.05, 4.69) is 29.7 Å². The Labute approximate surface area is 150 Å². The SMILES string of the molecule is CCN(CC)N1NC(=S)C=C(SCCC[Si](OC)(OC)OC)N1. The molecule has 0 aromatic rings. The average molecular weight is 381 g/mol. The molecular weight excluding hydrogens is 352 g/mol. The van der Waals surface area contributed by atoms with Crippen LogP contribution in [-0.2, 0) is 13.3 Å². The van der Waals surface area contributed by atoms with E-state index in [1.54, 1.807) is 33.1 Å². The Morgan fingerprint density at radius 3 is 2.30 bits per heavy atom. The molecule has 0 saturated carbocycles. The maximum absolute atomic E-state index is 5.43. The number of hydrogen-bond acceptors (Lipinski definition) is 8. The number of hydrazine groups is 3. The van der Waals surface area contributed by atoms with Crippen LogP contribution in [0.3, 0.4) is 0 Å². The fourth-order valence-electron chi connectivity index (χ4n) is 2.17. The summed E-state index contributed by atoms with van der Waals surface area (Å²) in [5, 5.41) is 5.00. The van der Waals surface area contributed by atoms with Gasteiger partial charge in [-0.1, -0.05) is 31.3 Å². The zero-order valence-corrected chi connectivity index (χ0v) is 17.2. The lowest BCUT2D eigenvalue weighted by Crippen LogP contribution is -2.60. The first kappa shape index (κ1) is 20.8. The first-order chi connectivity index (χ1) is 11.0. The average Bonchev–Trinajstić information content (AvgIpc) is 2.56. The normalized spacial score (nSPS) is 16.3.